The van der Waals surface area contributed by atoms with Crippen molar-refractivity contribution < 1.29 is 5.11 Å². The van der Waals surface area contributed by atoms with E-state index in [1.807, 2.05) is 18.2 Å². The van der Waals surface area contributed by atoms with Gasteiger partial charge in [-0.3, -0.25) is 4.98 Å². The number of benzene rings is 1. The Hall–Kier alpha value is -2.73. The lowest BCUT2D eigenvalue weighted by Crippen LogP contribution is -2.19. The standard InChI is InChI=1S/C14H12N4O2/c19-12(10-5-2-1-3-6-10)13-16-17-14(20)18(13)11-7-4-8-15-9-11/h1-9,12,19H,(H,17,20). The summed E-state index contributed by atoms with van der Waals surface area (Å²) in [6, 6.07) is 12.5. The Morgan fingerprint density at radius 3 is 2.65 bits per heavy atom. The van der Waals surface area contributed by atoms with Crippen LogP contribution in [-0.4, -0.2) is 24.9 Å². The zero-order valence-electron chi connectivity index (χ0n) is 10.5. The molecule has 0 aliphatic carbocycles. The molecule has 3 rings (SSSR count). The van der Waals surface area contributed by atoms with Crippen LogP contribution in [0.1, 0.15) is 17.5 Å². The first-order valence-electron chi connectivity index (χ1n) is 6.08. The molecular weight excluding hydrogens is 256 g/mol. The number of pyridine rings is 1. The number of H-pyrrole nitrogens is 1. The van der Waals surface area contributed by atoms with E-state index < -0.39 is 11.8 Å². The SMILES string of the molecule is O=c1[nH]nc(C(O)c2ccccc2)n1-c1cccnc1. The number of aromatic amines is 1. The zero-order valence-corrected chi connectivity index (χ0v) is 10.5. The van der Waals surface area contributed by atoms with Crippen LogP contribution in [-0.2, 0) is 0 Å². The third kappa shape index (κ3) is 2.12. The minimum Gasteiger partial charge on any atom is -0.380 e. The molecule has 3 aromatic rings. The highest BCUT2D eigenvalue weighted by Gasteiger charge is 2.19. The van der Waals surface area contributed by atoms with Crippen LogP contribution in [0.25, 0.3) is 5.69 Å². The summed E-state index contributed by atoms with van der Waals surface area (Å²) in [5, 5.41) is 16.7. The van der Waals surface area contributed by atoms with Gasteiger partial charge in [-0.25, -0.2) is 14.5 Å². The molecule has 0 spiro atoms. The molecular formula is C14H12N4O2. The Morgan fingerprint density at radius 2 is 1.95 bits per heavy atom. The lowest BCUT2D eigenvalue weighted by Gasteiger charge is -2.11. The minimum atomic E-state index is -0.990. The summed E-state index contributed by atoms with van der Waals surface area (Å²) in [4.78, 5) is 15.9. The topological polar surface area (TPSA) is 83.8 Å². The van der Waals surface area contributed by atoms with E-state index in [0.29, 0.717) is 11.3 Å². The zero-order chi connectivity index (χ0) is 13.9. The molecule has 0 saturated heterocycles. The first-order valence-corrected chi connectivity index (χ1v) is 6.08. The second kappa shape index (κ2) is 5.10. The van der Waals surface area contributed by atoms with Gasteiger partial charge in [-0.15, -0.1) is 0 Å². The monoisotopic (exact) mass is 268 g/mol. The van der Waals surface area contributed by atoms with Crippen molar-refractivity contribution in [2.45, 2.75) is 6.10 Å². The van der Waals surface area contributed by atoms with Gasteiger partial charge < -0.3 is 5.11 Å². The first kappa shape index (κ1) is 12.3. The van der Waals surface area contributed by atoms with Crippen molar-refractivity contribution in [1.82, 2.24) is 19.7 Å². The van der Waals surface area contributed by atoms with Crippen molar-refractivity contribution in [3.8, 4) is 5.69 Å². The number of nitrogens with one attached hydrogen (secondary N) is 1. The largest absolute Gasteiger partial charge is 0.380 e. The van der Waals surface area contributed by atoms with Gasteiger partial charge in [-0.05, 0) is 17.7 Å². The average molecular weight is 268 g/mol. The van der Waals surface area contributed by atoms with Gasteiger partial charge in [0.05, 0.1) is 11.9 Å². The maximum absolute atomic E-state index is 11.9. The average Bonchev–Trinajstić information content (AvgIpc) is 2.90. The highest BCUT2D eigenvalue weighted by molar-refractivity contribution is 5.31. The molecule has 0 aliphatic rings. The van der Waals surface area contributed by atoms with Crippen LogP contribution in [0.15, 0.2) is 59.7 Å². The molecule has 0 amide bonds. The fourth-order valence-corrected chi connectivity index (χ4v) is 2.01. The maximum Gasteiger partial charge on any atom is 0.348 e. The summed E-state index contributed by atoms with van der Waals surface area (Å²) < 4.78 is 1.31. The van der Waals surface area contributed by atoms with Crippen molar-refractivity contribution in [3.63, 3.8) is 0 Å². The predicted octanol–water partition coefficient (Wildman–Crippen LogP) is 1.04. The number of aromatic nitrogens is 4. The number of hydrogen-bond donors (Lipinski definition) is 2. The van der Waals surface area contributed by atoms with Crippen molar-refractivity contribution in [2.75, 3.05) is 0 Å². The third-order valence-corrected chi connectivity index (χ3v) is 2.96. The van der Waals surface area contributed by atoms with E-state index in [2.05, 4.69) is 15.2 Å². The van der Waals surface area contributed by atoms with E-state index in [-0.39, 0.29) is 5.82 Å². The van der Waals surface area contributed by atoms with Crippen LogP contribution in [0.3, 0.4) is 0 Å². The molecule has 2 aromatic heterocycles. The fraction of sp³-hybridized carbons (Fsp3) is 0.0714. The van der Waals surface area contributed by atoms with Crippen LogP contribution in [0, 0.1) is 0 Å². The first-order chi connectivity index (χ1) is 9.77. The number of rotatable bonds is 3. The van der Waals surface area contributed by atoms with Crippen molar-refractivity contribution >= 4 is 0 Å². The lowest BCUT2D eigenvalue weighted by atomic mass is 10.1. The van der Waals surface area contributed by atoms with E-state index in [0.717, 1.165) is 0 Å². The number of hydrogen-bond acceptors (Lipinski definition) is 4. The van der Waals surface area contributed by atoms with Crippen LogP contribution in [0.5, 0.6) is 0 Å². The summed E-state index contributed by atoms with van der Waals surface area (Å²) in [6.07, 6.45) is 2.16. The minimum absolute atomic E-state index is 0.231. The summed E-state index contributed by atoms with van der Waals surface area (Å²) in [7, 11) is 0. The van der Waals surface area contributed by atoms with E-state index in [1.54, 1.807) is 30.5 Å². The predicted molar refractivity (Wildman–Crippen MR) is 72.5 cm³/mol. The number of aliphatic hydroxyl groups is 1. The molecule has 6 heteroatoms. The van der Waals surface area contributed by atoms with Gasteiger partial charge in [-0.2, -0.15) is 5.10 Å². The molecule has 0 saturated carbocycles. The molecule has 0 radical (unpaired) electrons. The highest BCUT2D eigenvalue weighted by atomic mass is 16.3. The third-order valence-electron chi connectivity index (χ3n) is 2.96. The molecule has 0 fully saturated rings. The molecule has 6 nitrogen and oxygen atoms in total. The van der Waals surface area contributed by atoms with Crippen molar-refractivity contribution in [3.05, 3.63) is 76.7 Å². The van der Waals surface area contributed by atoms with E-state index in [4.69, 9.17) is 0 Å². The van der Waals surface area contributed by atoms with Crippen LogP contribution in [0.2, 0.25) is 0 Å². The molecule has 0 bridgehead atoms. The Labute approximate surface area is 114 Å². The molecule has 2 N–H and O–H groups in total. The van der Waals surface area contributed by atoms with Crippen LogP contribution in [0.4, 0.5) is 0 Å². The van der Waals surface area contributed by atoms with Gasteiger partial charge in [0.15, 0.2) is 5.82 Å². The van der Waals surface area contributed by atoms with E-state index in [9.17, 15) is 9.90 Å². The highest BCUT2D eigenvalue weighted by Crippen LogP contribution is 2.20. The van der Waals surface area contributed by atoms with Crippen LogP contribution < -0.4 is 5.69 Å². The summed E-state index contributed by atoms with van der Waals surface area (Å²) in [5.74, 6) is 0.231. The van der Waals surface area contributed by atoms with Gasteiger partial charge in [0.2, 0.25) is 0 Å². The normalized spacial score (nSPS) is 12.2. The molecule has 1 aromatic carbocycles. The van der Waals surface area contributed by atoms with Gasteiger partial charge >= 0.3 is 5.69 Å². The fourth-order valence-electron chi connectivity index (χ4n) is 2.01. The summed E-state index contributed by atoms with van der Waals surface area (Å²) in [5.41, 5.74) is 0.802. The lowest BCUT2D eigenvalue weighted by molar-refractivity contribution is 0.207. The molecule has 100 valence electrons. The van der Waals surface area contributed by atoms with Crippen molar-refractivity contribution in [1.29, 1.82) is 0 Å². The van der Waals surface area contributed by atoms with Crippen molar-refractivity contribution in [2.24, 2.45) is 0 Å². The summed E-state index contributed by atoms with van der Waals surface area (Å²) in [6.45, 7) is 0. The van der Waals surface area contributed by atoms with Gasteiger partial charge in [-0.1, -0.05) is 30.3 Å². The smallest absolute Gasteiger partial charge is 0.348 e. The van der Waals surface area contributed by atoms with Gasteiger partial charge in [0.1, 0.15) is 6.10 Å². The quantitative estimate of drug-likeness (QED) is 0.743. The Bertz CT molecular complexity index is 750. The number of aliphatic hydroxyl groups excluding tert-OH is 1. The summed E-state index contributed by atoms with van der Waals surface area (Å²) >= 11 is 0. The van der Waals surface area contributed by atoms with E-state index in [1.165, 1.54) is 10.8 Å². The van der Waals surface area contributed by atoms with Gasteiger partial charge in [0, 0.05) is 6.20 Å². The second-order valence-electron chi connectivity index (χ2n) is 4.25. The molecule has 1 atom stereocenters. The van der Waals surface area contributed by atoms with E-state index >= 15 is 0 Å². The maximum atomic E-state index is 11.9. The Balaban J connectivity index is 2.10. The molecule has 2 heterocycles. The van der Waals surface area contributed by atoms with Crippen LogP contribution >= 0.6 is 0 Å². The Kier molecular flexibility index (Phi) is 3.14. The molecule has 1 unspecified atom stereocenters. The second-order valence-corrected chi connectivity index (χ2v) is 4.25. The Morgan fingerprint density at radius 1 is 1.15 bits per heavy atom. The number of nitrogens with zero attached hydrogens (tertiary/aromatic N) is 3. The molecule has 20 heavy (non-hydrogen) atoms. The molecule has 0 aliphatic heterocycles. The van der Waals surface area contributed by atoms with Gasteiger partial charge in [0.25, 0.3) is 0 Å².